The van der Waals surface area contributed by atoms with Gasteiger partial charge in [0.1, 0.15) is 11.9 Å². The summed E-state index contributed by atoms with van der Waals surface area (Å²) >= 11 is 0. The molecule has 2 atom stereocenters. The van der Waals surface area contributed by atoms with Gasteiger partial charge in [0.2, 0.25) is 11.9 Å². The molecule has 2 heterocycles. The van der Waals surface area contributed by atoms with Crippen LogP contribution in [0, 0.1) is 0 Å². The van der Waals surface area contributed by atoms with E-state index in [9.17, 15) is 4.79 Å². The summed E-state index contributed by atoms with van der Waals surface area (Å²) < 4.78 is 10.6. The minimum atomic E-state index is -0.394. The van der Waals surface area contributed by atoms with E-state index in [1.807, 2.05) is 32.0 Å². The van der Waals surface area contributed by atoms with E-state index in [0.29, 0.717) is 17.9 Å². The fourth-order valence-corrected chi connectivity index (χ4v) is 2.80. The molecule has 9 nitrogen and oxygen atoms in total. The van der Waals surface area contributed by atoms with Crippen LogP contribution in [0.25, 0.3) is 0 Å². The summed E-state index contributed by atoms with van der Waals surface area (Å²) in [6.07, 6.45) is 0.586. The van der Waals surface area contributed by atoms with Gasteiger partial charge in [-0.2, -0.15) is 4.98 Å². The Hall–Kier alpha value is -2.65. The van der Waals surface area contributed by atoms with Crippen molar-refractivity contribution in [2.75, 3.05) is 19.5 Å². The predicted octanol–water partition coefficient (Wildman–Crippen LogP) is 1.49. The van der Waals surface area contributed by atoms with Crippen LogP contribution >= 0.6 is 0 Å². The Kier molecular flexibility index (Phi) is 5.38. The first-order chi connectivity index (χ1) is 12.5. The molecule has 3 rings (SSSR count). The minimum Gasteiger partial charge on any atom is -0.493 e. The molecule has 1 amide bonds. The molecular formula is C17H24N6O3. The summed E-state index contributed by atoms with van der Waals surface area (Å²) in [5.74, 6) is 2.38. The van der Waals surface area contributed by atoms with Crippen LogP contribution in [0.3, 0.4) is 0 Å². The van der Waals surface area contributed by atoms with Crippen LogP contribution in [-0.2, 0) is 4.79 Å². The van der Waals surface area contributed by atoms with Gasteiger partial charge in [-0.15, -0.1) is 5.10 Å². The molecule has 1 saturated heterocycles. The molecule has 0 aliphatic carbocycles. The van der Waals surface area contributed by atoms with E-state index in [2.05, 4.69) is 31.3 Å². The molecule has 26 heavy (non-hydrogen) atoms. The molecule has 0 radical (unpaired) electrons. The highest BCUT2D eigenvalue weighted by Crippen LogP contribution is 2.32. The van der Waals surface area contributed by atoms with Crippen molar-refractivity contribution in [1.29, 1.82) is 0 Å². The van der Waals surface area contributed by atoms with Crippen LogP contribution in [0.1, 0.15) is 43.6 Å². The van der Waals surface area contributed by atoms with Crippen LogP contribution in [0.2, 0.25) is 0 Å². The number of aromatic nitrogens is 3. The van der Waals surface area contributed by atoms with E-state index in [-0.39, 0.29) is 23.8 Å². The van der Waals surface area contributed by atoms with E-state index < -0.39 is 6.04 Å². The first-order valence-electron chi connectivity index (χ1n) is 8.48. The lowest BCUT2D eigenvalue weighted by Gasteiger charge is -2.13. The van der Waals surface area contributed by atoms with Crippen molar-refractivity contribution in [3.8, 4) is 11.5 Å². The third kappa shape index (κ3) is 3.78. The quantitative estimate of drug-likeness (QED) is 0.617. The van der Waals surface area contributed by atoms with Crippen molar-refractivity contribution in [2.45, 2.75) is 38.3 Å². The van der Waals surface area contributed by atoms with Gasteiger partial charge in [-0.05, 0) is 24.1 Å². The number of hydrazine groups is 1. The smallest absolute Gasteiger partial charge is 0.248 e. The van der Waals surface area contributed by atoms with Crippen LogP contribution in [0.4, 0.5) is 5.95 Å². The number of H-pyrrole nitrogens is 1. The molecule has 1 aliphatic rings. The topological polar surface area (TPSA) is 113 Å². The van der Waals surface area contributed by atoms with Crippen LogP contribution in [0.15, 0.2) is 18.2 Å². The van der Waals surface area contributed by atoms with Crippen molar-refractivity contribution in [2.24, 2.45) is 0 Å². The minimum absolute atomic E-state index is 0.0241. The molecule has 0 spiro atoms. The summed E-state index contributed by atoms with van der Waals surface area (Å²) in [6.45, 7) is 4.00. The number of hydrogen-bond donors (Lipinski definition) is 4. The molecule has 1 aliphatic heterocycles. The normalized spacial score (nSPS) is 19.6. The molecule has 2 unspecified atom stereocenters. The molecule has 1 aromatic carbocycles. The van der Waals surface area contributed by atoms with Gasteiger partial charge in [-0.3, -0.25) is 15.2 Å². The number of methoxy groups -OCH3 is 2. The summed E-state index contributed by atoms with van der Waals surface area (Å²) in [4.78, 5) is 16.7. The highest BCUT2D eigenvalue weighted by atomic mass is 16.5. The van der Waals surface area contributed by atoms with E-state index in [1.165, 1.54) is 0 Å². The number of nitrogens with one attached hydrogen (secondary N) is 4. The Labute approximate surface area is 151 Å². The second kappa shape index (κ2) is 7.71. The Morgan fingerprint density at radius 3 is 2.65 bits per heavy atom. The van der Waals surface area contributed by atoms with Crippen molar-refractivity contribution < 1.29 is 14.3 Å². The van der Waals surface area contributed by atoms with Crippen molar-refractivity contribution in [3.05, 3.63) is 29.6 Å². The molecule has 1 fully saturated rings. The van der Waals surface area contributed by atoms with Gasteiger partial charge >= 0.3 is 0 Å². The van der Waals surface area contributed by atoms with E-state index >= 15 is 0 Å². The van der Waals surface area contributed by atoms with Gasteiger partial charge in [0, 0.05) is 12.0 Å². The highest BCUT2D eigenvalue weighted by Gasteiger charge is 2.31. The maximum atomic E-state index is 12.4. The largest absolute Gasteiger partial charge is 0.493 e. The SMILES string of the molecule is COc1ccc(C2CC(C(=O)Nc3n[nH]c(C(C)C)n3)NN2)cc1OC. The average molecular weight is 360 g/mol. The molecule has 9 heteroatoms. The molecule has 1 aromatic heterocycles. The molecule has 2 aromatic rings. The zero-order chi connectivity index (χ0) is 18.7. The molecule has 4 N–H and O–H groups in total. The van der Waals surface area contributed by atoms with E-state index in [1.54, 1.807) is 14.2 Å². The summed E-state index contributed by atoms with van der Waals surface area (Å²) in [6, 6.07) is 5.29. The van der Waals surface area contributed by atoms with Crippen molar-refractivity contribution >= 4 is 11.9 Å². The molecule has 140 valence electrons. The Bertz CT molecular complexity index is 776. The number of benzene rings is 1. The van der Waals surface area contributed by atoms with Crippen molar-refractivity contribution in [1.82, 2.24) is 26.0 Å². The lowest BCUT2D eigenvalue weighted by atomic mass is 10.0. The third-order valence-corrected chi connectivity index (χ3v) is 4.31. The fourth-order valence-electron chi connectivity index (χ4n) is 2.80. The van der Waals surface area contributed by atoms with Gasteiger partial charge in [0.25, 0.3) is 0 Å². The van der Waals surface area contributed by atoms with Gasteiger partial charge in [-0.25, -0.2) is 10.9 Å². The fraction of sp³-hybridized carbons (Fsp3) is 0.471. The number of aromatic amines is 1. The maximum absolute atomic E-state index is 12.4. The Morgan fingerprint density at radius 1 is 1.23 bits per heavy atom. The Balaban J connectivity index is 1.63. The predicted molar refractivity (Wildman–Crippen MR) is 96.1 cm³/mol. The number of nitrogens with zero attached hydrogens (tertiary/aromatic N) is 2. The zero-order valence-corrected chi connectivity index (χ0v) is 15.3. The third-order valence-electron chi connectivity index (χ3n) is 4.31. The number of hydrogen-bond acceptors (Lipinski definition) is 7. The van der Waals surface area contributed by atoms with E-state index in [0.717, 1.165) is 11.4 Å². The van der Waals surface area contributed by atoms with Crippen molar-refractivity contribution in [3.63, 3.8) is 0 Å². The molecule has 0 saturated carbocycles. The van der Waals surface area contributed by atoms with Crippen LogP contribution in [0.5, 0.6) is 11.5 Å². The van der Waals surface area contributed by atoms with Crippen LogP contribution < -0.4 is 25.6 Å². The zero-order valence-electron chi connectivity index (χ0n) is 15.3. The number of anilines is 1. The number of rotatable bonds is 6. The van der Waals surface area contributed by atoms with Gasteiger partial charge in [0.15, 0.2) is 11.5 Å². The number of carbonyl (C=O) groups is 1. The van der Waals surface area contributed by atoms with Gasteiger partial charge < -0.3 is 9.47 Å². The van der Waals surface area contributed by atoms with Crippen LogP contribution in [-0.4, -0.2) is 41.3 Å². The van der Waals surface area contributed by atoms with E-state index in [4.69, 9.17) is 9.47 Å². The van der Waals surface area contributed by atoms with Gasteiger partial charge in [-0.1, -0.05) is 19.9 Å². The summed E-state index contributed by atoms with van der Waals surface area (Å²) in [5.41, 5.74) is 7.17. The monoisotopic (exact) mass is 360 g/mol. The summed E-state index contributed by atoms with van der Waals surface area (Å²) in [5, 5.41) is 9.58. The second-order valence-electron chi connectivity index (χ2n) is 6.43. The first-order valence-corrected chi connectivity index (χ1v) is 8.48. The average Bonchev–Trinajstić information content (AvgIpc) is 3.30. The number of amides is 1. The lowest BCUT2D eigenvalue weighted by Crippen LogP contribution is -2.39. The number of ether oxygens (including phenoxy) is 2. The lowest BCUT2D eigenvalue weighted by molar-refractivity contribution is -0.117. The first kappa shape index (κ1) is 18.2. The highest BCUT2D eigenvalue weighted by molar-refractivity contribution is 5.93. The second-order valence-corrected chi connectivity index (χ2v) is 6.43. The molecular weight excluding hydrogens is 336 g/mol. The Morgan fingerprint density at radius 2 is 2.00 bits per heavy atom. The number of carbonyl (C=O) groups excluding carboxylic acids is 1. The standard InChI is InChI=1S/C17H24N6O3/c1-9(2)15-18-17(23-22-15)19-16(24)12-8-11(20-21-12)10-5-6-13(25-3)14(7-10)26-4/h5-7,9,11-12,20-21H,8H2,1-4H3,(H2,18,19,22,23,24). The van der Waals surface area contributed by atoms with Gasteiger partial charge in [0.05, 0.1) is 14.2 Å². The summed E-state index contributed by atoms with van der Waals surface area (Å²) in [7, 11) is 3.20. The molecule has 0 bridgehead atoms. The maximum Gasteiger partial charge on any atom is 0.248 e.